The van der Waals surface area contributed by atoms with Crippen molar-refractivity contribution >= 4 is 12.2 Å². The minimum absolute atomic E-state index is 0.703. The van der Waals surface area contributed by atoms with Gasteiger partial charge in [0.15, 0.2) is 11.6 Å². The Morgan fingerprint density at radius 3 is 1.35 bits per heavy atom. The molecule has 2 aromatic carbocycles. The number of tetrazole rings is 2. The summed E-state index contributed by atoms with van der Waals surface area (Å²) in [6, 6.07) is 16.3. The number of aryl methyl sites for hydroxylation is 2. The maximum atomic E-state index is 4.16. The van der Waals surface area contributed by atoms with E-state index < -0.39 is 0 Å². The van der Waals surface area contributed by atoms with Crippen LogP contribution in [-0.2, 0) is 0 Å². The Morgan fingerprint density at radius 1 is 0.588 bits per heavy atom. The molecule has 0 unspecified atom stereocenters. The predicted octanol–water partition coefficient (Wildman–Crippen LogP) is 2.51. The fourth-order valence-electron chi connectivity index (χ4n) is 3.72. The van der Waals surface area contributed by atoms with Crippen molar-refractivity contribution in [2.75, 3.05) is 26.2 Å². The zero-order valence-corrected chi connectivity index (χ0v) is 19.2. The van der Waals surface area contributed by atoms with Gasteiger partial charge < -0.3 is 9.80 Å². The molecule has 10 heteroatoms. The zero-order chi connectivity index (χ0) is 23.3. The Bertz CT molecular complexity index is 1170. The van der Waals surface area contributed by atoms with Crippen molar-refractivity contribution in [3.05, 3.63) is 83.7 Å². The topological polar surface area (TPSA) is 93.7 Å². The molecule has 3 heterocycles. The minimum Gasteiger partial charge on any atom is -0.374 e. The molecule has 0 amide bonds. The lowest BCUT2D eigenvalue weighted by atomic mass is 10.2. The summed E-state index contributed by atoms with van der Waals surface area (Å²) in [7, 11) is 0. The third-order valence-corrected chi connectivity index (χ3v) is 5.76. The molecule has 1 aliphatic rings. The Balaban J connectivity index is 1.18. The molecule has 0 bridgehead atoms. The summed E-state index contributed by atoms with van der Waals surface area (Å²) >= 11 is 0. The van der Waals surface area contributed by atoms with Gasteiger partial charge in [-0.05, 0) is 59.0 Å². The van der Waals surface area contributed by atoms with Crippen LogP contribution in [0.2, 0.25) is 0 Å². The lowest BCUT2D eigenvalue weighted by molar-refractivity contribution is 0.220. The molecule has 0 spiro atoms. The molecule has 1 fully saturated rings. The molecule has 0 aliphatic carbocycles. The molecule has 0 saturated carbocycles. The van der Waals surface area contributed by atoms with Gasteiger partial charge in [0.2, 0.25) is 0 Å². The maximum absolute atomic E-state index is 4.16. The van der Waals surface area contributed by atoms with Crippen molar-refractivity contribution in [3.8, 4) is 11.4 Å². The lowest BCUT2D eigenvalue weighted by Gasteiger charge is -2.33. The van der Waals surface area contributed by atoms with Gasteiger partial charge in [0.1, 0.15) is 0 Å². The fourth-order valence-corrected chi connectivity index (χ4v) is 3.72. The van der Waals surface area contributed by atoms with Gasteiger partial charge in [0.25, 0.3) is 0 Å². The van der Waals surface area contributed by atoms with E-state index in [1.54, 1.807) is 9.36 Å². The molecule has 172 valence electrons. The molecule has 0 N–H and O–H groups in total. The van der Waals surface area contributed by atoms with E-state index in [1.165, 1.54) is 11.1 Å². The third-order valence-electron chi connectivity index (χ3n) is 5.76. The van der Waals surface area contributed by atoms with Crippen LogP contribution < -0.4 is 0 Å². The Morgan fingerprint density at radius 2 is 0.971 bits per heavy atom. The molecule has 1 saturated heterocycles. The smallest absolute Gasteiger partial charge is 0.181 e. The second-order valence-corrected chi connectivity index (χ2v) is 8.27. The molecule has 10 nitrogen and oxygen atoms in total. The molecule has 5 rings (SSSR count). The van der Waals surface area contributed by atoms with Gasteiger partial charge >= 0.3 is 0 Å². The van der Waals surface area contributed by atoms with Gasteiger partial charge in [-0.1, -0.05) is 35.4 Å². The molecule has 4 aromatic rings. The number of hydrogen-bond donors (Lipinski definition) is 0. The van der Waals surface area contributed by atoms with Gasteiger partial charge in [0, 0.05) is 50.7 Å². The van der Waals surface area contributed by atoms with Crippen molar-refractivity contribution in [1.82, 2.24) is 50.2 Å². The number of aromatic nitrogens is 8. The van der Waals surface area contributed by atoms with Crippen LogP contribution in [0, 0.1) is 13.8 Å². The normalized spacial score (nSPS) is 14.5. The second kappa shape index (κ2) is 9.65. The average molecular weight is 455 g/mol. The predicted molar refractivity (Wildman–Crippen MR) is 129 cm³/mol. The highest BCUT2D eigenvalue weighted by molar-refractivity contribution is 5.45. The van der Waals surface area contributed by atoms with E-state index in [2.05, 4.69) is 91.4 Å². The number of rotatable bonds is 6. The number of nitrogens with zero attached hydrogens (tertiary/aromatic N) is 10. The van der Waals surface area contributed by atoms with E-state index >= 15 is 0 Å². The first-order chi connectivity index (χ1) is 16.7. The van der Waals surface area contributed by atoms with E-state index in [4.69, 9.17) is 0 Å². The summed E-state index contributed by atoms with van der Waals surface area (Å²) in [5.41, 5.74) is 4.29. The number of piperazine rings is 1. The van der Waals surface area contributed by atoms with Crippen LogP contribution in [0.25, 0.3) is 23.5 Å². The standard InChI is InChI=1S/C24H26N10/c1-19-3-7-21(8-4-19)33-23(25-27-29-33)11-13-31-15-17-32(18-16-31)14-12-24-26-28-30-34(24)22-9-5-20(2)6-10-22/h3-14H,15-18H2,1-2H3. The Labute approximate surface area is 197 Å². The third kappa shape index (κ3) is 4.85. The van der Waals surface area contributed by atoms with Crippen LogP contribution in [-0.4, -0.2) is 76.4 Å². The van der Waals surface area contributed by atoms with Crippen LogP contribution in [0.5, 0.6) is 0 Å². The Kier molecular flexibility index (Phi) is 6.11. The van der Waals surface area contributed by atoms with Crippen molar-refractivity contribution in [2.24, 2.45) is 0 Å². The molecule has 34 heavy (non-hydrogen) atoms. The molecule has 1 aliphatic heterocycles. The van der Waals surface area contributed by atoms with Gasteiger partial charge in [-0.25, -0.2) is 0 Å². The van der Waals surface area contributed by atoms with Gasteiger partial charge in [0.05, 0.1) is 11.4 Å². The largest absolute Gasteiger partial charge is 0.374 e. The molecular formula is C24H26N10. The maximum Gasteiger partial charge on any atom is 0.181 e. The molecular weight excluding hydrogens is 428 g/mol. The molecule has 0 radical (unpaired) electrons. The zero-order valence-electron chi connectivity index (χ0n) is 19.2. The molecule has 0 atom stereocenters. The number of benzene rings is 2. The number of hydrogen-bond acceptors (Lipinski definition) is 8. The summed E-state index contributed by atoms with van der Waals surface area (Å²) in [6.45, 7) is 7.72. The first kappa shape index (κ1) is 21.5. The van der Waals surface area contributed by atoms with Gasteiger partial charge in [-0.3, -0.25) is 0 Å². The van der Waals surface area contributed by atoms with Crippen molar-refractivity contribution in [2.45, 2.75) is 13.8 Å². The minimum atomic E-state index is 0.703. The Hall–Kier alpha value is -4.34. The van der Waals surface area contributed by atoms with E-state index in [0.29, 0.717) is 11.6 Å². The average Bonchev–Trinajstić information content (AvgIpc) is 3.53. The van der Waals surface area contributed by atoms with Crippen molar-refractivity contribution in [3.63, 3.8) is 0 Å². The summed E-state index contributed by atoms with van der Waals surface area (Å²) < 4.78 is 3.49. The van der Waals surface area contributed by atoms with E-state index in [1.807, 2.05) is 36.4 Å². The van der Waals surface area contributed by atoms with Gasteiger partial charge in [-0.2, -0.15) is 9.36 Å². The monoisotopic (exact) mass is 454 g/mol. The first-order valence-corrected chi connectivity index (χ1v) is 11.2. The van der Waals surface area contributed by atoms with Crippen LogP contribution in [0.3, 0.4) is 0 Å². The lowest BCUT2D eigenvalue weighted by Crippen LogP contribution is -2.41. The van der Waals surface area contributed by atoms with Gasteiger partial charge in [-0.15, -0.1) is 10.2 Å². The summed E-state index contributed by atoms with van der Waals surface area (Å²) in [5, 5.41) is 24.2. The van der Waals surface area contributed by atoms with Crippen LogP contribution in [0.1, 0.15) is 22.8 Å². The fraction of sp³-hybridized carbons (Fsp3) is 0.250. The quantitative estimate of drug-likeness (QED) is 0.439. The highest BCUT2D eigenvalue weighted by Crippen LogP contribution is 2.13. The summed E-state index contributed by atoms with van der Waals surface area (Å²) in [4.78, 5) is 4.55. The highest BCUT2D eigenvalue weighted by Gasteiger charge is 2.13. The van der Waals surface area contributed by atoms with Crippen LogP contribution >= 0.6 is 0 Å². The second-order valence-electron chi connectivity index (χ2n) is 8.27. The van der Waals surface area contributed by atoms with E-state index in [0.717, 1.165) is 37.6 Å². The van der Waals surface area contributed by atoms with E-state index in [9.17, 15) is 0 Å². The van der Waals surface area contributed by atoms with Crippen molar-refractivity contribution < 1.29 is 0 Å². The first-order valence-electron chi connectivity index (χ1n) is 11.2. The summed E-state index contributed by atoms with van der Waals surface area (Å²) in [6.07, 6.45) is 8.05. The van der Waals surface area contributed by atoms with E-state index in [-0.39, 0.29) is 0 Å². The van der Waals surface area contributed by atoms with Crippen LogP contribution in [0.15, 0.2) is 60.9 Å². The molecule has 2 aromatic heterocycles. The highest BCUT2D eigenvalue weighted by atomic mass is 15.5. The van der Waals surface area contributed by atoms with Crippen molar-refractivity contribution in [1.29, 1.82) is 0 Å². The SMILES string of the molecule is Cc1ccc(-n2nnnc2C=CN2CCN(C=Cc3nnnn3-c3ccc(C)cc3)CC2)cc1. The van der Waals surface area contributed by atoms with Crippen LogP contribution in [0.4, 0.5) is 0 Å². The summed E-state index contributed by atoms with van der Waals surface area (Å²) in [5.74, 6) is 1.41.